The molecule has 1 saturated heterocycles. The van der Waals surface area contributed by atoms with Crippen LogP contribution in [-0.4, -0.2) is 29.4 Å². The quantitative estimate of drug-likeness (QED) is 0.664. The highest BCUT2D eigenvalue weighted by atomic mass is 32.1. The van der Waals surface area contributed by atoms with E-state index in [0.717, 1.165) is 0 Å². The fourth-order valence-electron chi connectivity index (χ4n) is 1.28. The van der Waals surface area contributed by atoms with E-state index < -0.39 is 11.9 Å². The molecule has 1 aromatic rings. The van der Waals surface area contributed by atoms with Gasteiger partial charge >= 0.3 is 0 Å². The number of hydrogen-bond acceptors (Lipinski definition) is 6. The molecule has 0 bridgehead atoms. The Morgan fingerprint density at radius 2 is 2.59 bits per heavy atom. The van der Waals surface area contributed by atoms with Crippen LogP contribution in [0.3, 0.4) is 0 Å². The van der Waals surface area contributed by atoms with Crippen molar-refractivity contribution in [2.24, 2.45) is 5.73 Å². The van der Waals surface area contributed by atoms with Gasteiger partial charge in [0.05, 0.1) is 6.04 Å². The molecule has 0 saturated carbocycles. The predicted molar refractivity (Wildman–Crippen MR) is 60.1 cm³/mol. The third kappa shape index (κ3) is 2.60. The van der Waals surface area contributed by atoms with E-state index in [0.29, 0.717) is 5.01 Å². The van der Waals surface area contributed by atoms with Gasteiger partial charge in [-0.25, -0.2) is 10.5 Å². The average Bonchev–Trinajstić information content (AvgIpc) is 2.88. The number of rotatable bonds is 3. The van der Waals surface area contributed by atoms with Gasteiger partial charge in [-0.05, 0) is 6.92 Å². The maximum absolute atomic E-state index is 11.7. The van der Waals surface area contributed by atoms with Crippen LogP contribution in [0.15, 0.2) is 5.38 Å². The van der Waals surface area contributed by atoms with Crippen LogP contribution in [0.4, 0.5) is 0 Å². The molecule has 92 valence electrons. The number of amides is 2. The summed E-state index contributed by atoms with van der Waals surface area (Å²) in [6.07, 6.45) is 0. The van der Waals surface area contributed by atoms with E-state index in [9.17, 15) is 9.59 Å². The van der Waals surface area contributed by atoms with Gasteiger partial charge in [0.2, 0.25) is 0 Å². The van der Waals surface area contributed by atoms with Crippen LogP contribution in [0.1, 0.15) is 28.5 Å². The number of hydroxylamine groups is 1. The summed E-state index contributed by atoms with van der Waals surface area (Å²) in [6, 6.07) is -0.873. The van der Waals surface area contributed by atoms with E-state index in [1.165, 1.54) is 11.3 Å². The Morgan fingerprint density at radius 1 is 1.82 bits per heavy atom. The predicted octanol–water partition coefficient (Wildman–Crippen LogP) is -0.677. The van der Waals surface area contributed by atoms with Crippen LogP contribution in [0, 0.1) is 0 Å². The molecular weight excluding hydrogens is 244 g/mol. The molecule has 2 rings (SSSR count). The number of nitrogens with zero attached hydrogens (tertiary/aromatic N) is 1. The first-order chi connectivity index (χ1) is 8.08. The highest BCUT2D eigenvalue weighted by molar-refractivity contribution is 7.09. The lowest BCUT2D eigenvalue weighted by Crippen LogP contribution is -2.41. The number of nitrogens with one attached hydrogen (secondary N) is 2. The summed E-state index contributed by atoms with van der Waals surface area (Å²) < 4.78 is 0. The molecule has 2 heterocycles. The van der Waals surface area contributed by atoms with Gasteiger partial charge in [-0.3, -0.25) is 14.4 Å². The van der Waals surface area contributed by atoms with Gasteiger partial charge in [0.15, 0.2) is 0 Å². The van der Waals surface area contributed by atoms with Crippen molar-refractivity contribution in [3.63, 3.8) is 0 Å². The lowest BCUT2D eigenvalue weighted by molar-refractivity contribution is -0.125. The second-order valence-electron chi connectivity index (χ2n) is 3.66. The molecule has 0 spiro atoms. The fourth-order valence-corrected chi connectivity index (χ4v) is 2.04. The Bertz CT molecular complexity index is 445. The van der Waals surface area contributed by atoms with Crippen molar-refractivity contribution in [1.82, 2.24) is 15.8 Å². The molecule has 7 nitrogen and oxygen atoms in total. The Labute approximate surface area is 101 Å². The topological polar surface area (TPSA) is 106 Å². The molecule has 1 fully saturated rings. The molecule has 17 heavy (non-hydrogen) atoms. The summed E-state index contributed by atoms with van der Waals surface area (Å²) in [5.74, 6) is -0.764. The summed E-state index contributed by atoms with van der Waals surface area (Å²) in [7, 11) is 0. The van der Waals surface area contributed by atoms with Crippen molar-refractivity contribution in [2.45, 2.75) is 19.0 Å². The highest BCUT2D eigenvalue weighted by Gasteiger charge is 2.28. The third-order valence-electron chi connectivity index (χ3n) is 2.19. The van der Waals surface area contributed by atoms with Crippen molar-refractivity contribution < 1.29 is 14.4 Å². The van der Waals surface area contributed by atoms with Crippen LogP contribution < -0.4 is 16.5 Å². The fraction of sp³-hybridized carbons (Fsp3) is 0.444. The summed E-state index contributed by atoms with van der Waals surface area (Å²) in [4.78, 5) is 31.7. The Hall–Kier alpha value is -1.51. The van der Waals surface area contributed by atoms with E-state index in [1.807, 2.05) is 0 Å². The molecule has 1 aromatic heterocycles. The van der Waals surface area contributed by atoms with Crippen LogP contribution >= 0.6 is 11.3 Å². The van der Waals surface area contributed by atoms with Gasteiger partial charge < -0.3 is 11.1 Å². The third-order valence-corrected chi connectivity index (χ3v) is 3.23. The smallest absolute Gasteiger partial charge is 0.271 e. The molecular formula is C9H12N4O3S. The van der Waals surface area contributed by atoms with E-state index >= 15 is 0 Å². The van der Waals surface area contributed by atoms with Gasteiger partial charge in [0.25, 0.3) is 11.8 Å². The molecule has 2 amide bonds. The van der Waals surface area contributed by atoms with E-state index in [2.05, 4.69) is 15.8 Å². The maximum atomic E-state index is 11.7. The lowest BCUT2D eigenvalue weighted by atomic mass is 10.3. The highest BCUT2D eigenvalue weighted by Crippen LogP contribution is 2.15. The van der Waals surface area contributed by atoms with Gasteiger partial charge in [-0.2, -0.15) is 0 Å². The summed E-state index contributed by atoms with van der Waals surface area (Å²) in [5, 5.41) is 4.82. The minimum Gasteiger partial charge on any atom is -0.337 e. The molecule has 4 N–H and O–H groups in total. The molecule has 8 heteroatoms. The number of nitrogens with two attached hydrogens (primary N) is 1. The van der Waals surface area contributed by atoms with Gasteiger partial charge in [-0.1, -0.05) is 0 Å². The largest absolute Gasteiger partial charge is 0.337 e. The number of carbonyl (C=O) groups excluding carboxylic acids is 2. The van der Waals surface area contributed by atoms with E-state index in [1.54, 1.807) is 12.3 Å². The molecule has 0 radical (unpaired) electrons. The molecule has 1 unspecified atom stereocenters. The zero-order valence-corrected chi connectivity index (χ0v) is 9.91. The second-order valence-corrected chi connectivity index (χ2v) is 4.55. The van der Waals surface area contributed by atoms with Crippen molar-refractivity contribution in [3.05, 3.63) is 16.1 Å². The van der Waals surface area contributed by atoms with Crippen LogP contribution in [0.2, 0.25) is 0 Å². The first-order valence-corrected chi connectivity index (χ1v) is 5.89. The molecule has 0 aliphatic carbocycles. The van der Waals surface area contributed by atoms with Crippen LogP contribution in [-0.2, 0) is 9.63 Å². The Kier molecular flexibility index (Phi) is 3.36. The number of carbonyl (C=O) groups is 2. The summed E-state index contributed by atoms with van der Waals surface area (Å²) in [6.45, 7) is 1.91. The van der Waals surface area contributed by atoms with Crippen molar-refractivity contribution >= 4 is 23.2 Å². The maximum Gasteiger partial charge on any atom is 0.271 e. The van der Waals surface area contributed by atoms with Gasteiger partial charge in [-0.15, -0.1) is 11.3 Å². The average molecular weight is 256 g/mol. The monoisotopic (exact) mass is 256 g/mol. The van der Waals surface area contributed by atoms with E-state index in [4.69, 9.17) is 10.6 Å². The molecule has 2 atom stereocenters. The molecule has 0 aromatic carbocycles. The SMILES string of the molecule is CC(N)c1nc(C(=O)N[C@@H]2CONC2=O)cs1. The first-order valence-electron chi connectivity index (χ1n) is 5.01. The van der Waals surface area contributed by atoms with Crippen LogP contribution in [0.25, 0.3) is 0 Å². The number of hydrogen-bond donors (Lipinski definition) is 3. The minimum absolute atomic E-state index is 0.120. The standard InChI is InChI=1S/C9H12N4O3S/c1-4(10)9-12-6(3-17-9)7(14)11-5-2-16-13-8(5)15/h3-5H,2,10H2,1H3,(H,11,14)(H,13,15)/t4?,5-/m1/s1. The first kappa shape index (κ1) is 12.0. The molecule has 1 aliphatic rings. The van der Waals surface area contributed by atoms with Crippen molar-refractivity contribution in [3.8, 4) is 0 Å². The van der Waals surface area contributed by atoms with E-state index in [-0.39, 0.29) is 24.2 Å². The normalized spacial score (nSPS) is 21.1. The zero-order chi connectivity index (χ0) is 12.4. The zero-order valence-electron chi connectivity index (χ0n) is 9.10. The Balaban J connectivity index is 2.01. The Morgan fingerprint density at radius 3 is 3.12 bits per heavy atom. The van der Waals surface area contributed by atoms with Gasteiger partial charge in [0.1, 0.15) is 23.4 Å². The summed E-state index contributed by atoms with van der Waals surface area (Å²) >= 11 is 1.32. The number of aromatic nitrogens is 1. The summed E-state index contributed by atoms with van der Waals surface area (Å²) in [5.41, 5.74) is 8.07. The van der Waals surface area contributed by atoms with Crippen LogP contribution in [0.5, 0.6) is 0 Å². The molecule has 1 aliphatic heterocycles. The van der Waals surface area contributed by atoms with Gasteiger partial charge in [0, 0.05) is 5.38 Å². The number of thiazole rings is 1. The second kappa shape index (κ2) is 4.78. The minimum atomic E-state index is -0.664. The van der Waals surface area contributed by atoms with Crippen molar-refractivity contribution in [2.75, 3.05) is 6.61 Å². The van der Waals surface area contributed by atoms with Crippen molar-refractivity contribution in [1.29, 1.82) is 0 Å². The lowest BCUT2D eigenvalue weighted by Gasteiger charge is -2.06.